The molecular weight excluding hydrogens is 330 g/mol. The smallest absolute Gasteiger partial charge is 0.231 e. The fourth-order valence-electron chi connectivity index (χ4n) is 3.91. The molecule has 0 saturated carbocycles. The molecule has 4 rings (SSSR count). The van der Waals surface area contributed by atoms with Crippen LogP contribution in [0.15, 0.2) is 18.5 Å². The van der Waals surface area contributed by atoms with Gasteiger partial charge >= 0.3 is 0 Å². The number of benzene rings is 1. The van der Waals surface area contributed by atoms with Crippen LogP contribution >= 0.6 is 0 Å². The average Bonchev–Trinajstić information content (AvgIpc) is 3.23. The van der Waals surface area contributed by atoms with E-state index in [1.165, 1.54) is 17.0 Å². The van der Waals surface area contributed by atoms with Gasteiger partial charge in [-0.25, -0.2) is 4.98 Å². The van der Waals surface area contributed by atoms with E-state index >= 15 is 0 Å². The monoisotopic (exact) mass is 357 g/mol. The van der Waals surface area contributed by atoms with Gasteiger partial charge in [-0.2, -0.15) is 0 Å². The number of aromatic nitrogens is 2. The van der Waals surface area contributed by atoms with Crippen molar-refractivity contribution in [1.29, 1.82) is 0 Å². The number of nitrogens with zero attached hydrogens (tertiary/aromatic N) is 2. The van der Waals surface area contributed by atoms with Crippen LogP contribution in [0.5, 0.6) is 17.2 Å². The number of aromatic amines is 1. The Bertz CT molecular complexity index is 794. The minimum Gasteiger partial charge on any atom is -0.493 e. The molecule has 0 spiro atoms. The van der Waals surface area contributed by atoms with E-state index in [1.54, 1.807) is 7.11 Å². The Morgan fingerprint density at radius 3 is 2.92 bits per heavy atom. The van der Waals surface area contributed by atoms with Crippen LogP contribution < -0.4 is 14.2 Å². The second-order valence-corrected chi connectivity index (χ2v) is 8.30. The zero-order valence-electron chi connectivity index (χ0n) is 16.0. The van der Waals surface area contributed by atoms with Crippen molar-refractivity contribution in [2.24, 2.45) is 5.41 Å². The first-order valence-corrected chi connectivity index (χ1v) is 9.17. The lowest BCUT2D eigenvalue weighted by Gasteiger charge is -2.38. The van der Waals surface area contributed by atoms with Crippen molar-refractivity contribution in [1.82, 2.24) is 14.9 Å². The summed E-state index contributed by atoms with van der Waals surface area (Å²) in [5, 5.41) is 0. The van der Waals surface area contributed by atoms with Crippen LogP contribution in [0.1, 0.15) is 50.2 Å². The molecule has 2 aromatic rings. The van der Waals surface area contributed by atoms with Crippen molar-refractivity contribution in [3.8, 4) is 17.2 Å². The number of hydrogen-bond donors (Lipinski definition) is 1. The van der Waals surface area contributed by atoms with E-state index in [0.717, 1.165) is 37.4 Å². The lowest BCUT2D eigenvalue weighted by Crippen LogP contribution is -2.37. The molecule has 2 aliphatic rings. The highest BCUT2D eigenvalue weighted by atomic mass is 16.7. The Hall–Kier alpha value is -2.21. The molecule has 26 heavy (non-hydrogen) atoms. The molecular formula is C20H27N3O3. The number of methoxy groups -OCH3 is 1. The number of imidazole rings is 1. The second kappa shape index (κ2) is 6.50. The molecule has 0 radical (unpaired) electrons. The van der Waals surface area contributed by atoms with Gasteiger partial charge in [0, 0.05) is 25.2 Å². The summed E-state index contributed by atoms with van der Waals surface area (Å²) in [4.78, 5) is 10.5. The van der Waals surface area contributed by atoms with E-state index < -0.39 is 0 Å². The third-order valence-corrected chi connectivity index (χ3v) is 5.07. The van der Waals surface area contributed by atoms with Crippen LogP contribution in [0.25, 0.3) is 0 Å². The quantitative estimate of drug-likeness (QED) is 0.904. The molecule has 0 unspecified atom stereocenters. The number of ether oxygens (including phenoxy) is 3. The van der Waals surface area contributed by atoms with Crippen LogP contribution in [-0.4, -0.2) is 35.3 Å². The van der Waals surface area contributed by atoms with E-state index in [4.69, 9.17) is 14.2 Å². The average molecular weight is 357 g/mol. The first kappa shape index (κ1) is 17.2. The molecule has 2 aliphatic heterocycles. The summed E-state index contributed by atoms with van der Waals surface area (Å²) in [5.41, 5.74) is 3.87. The summed E-state index contributed by atoms with van der Waals surface area (Å²) in [6.07, 6.45) is 3.89. The minimum atomic E-state index is 0.225. The lowest BCUT2D eigenvalue weighted by atomic mass is 9.84. The van der Waals surface area contributed by atoms with Gasteiger partial charge < -0.3 is 19.2 Å². The zero-order valence-corrected chi connectivity index (χ0v) is 16.0. The molecule has 6 heteroatoms. The zero-order chi connectivity index (χ0) is 18.3. The van der Waals surface area contributed by atoms with E-state index in [-0.39, 0.29) is 12.2 Å². The van der Waals surface area contributed by atoms with E-state index in [0.29, 0.717) is 11.8 Å². The maximum Gasteiger partial charge on any atom is 0.231 e. The van der Waals surface area contributed by atoms with Gasteiger partial charge in [0.05, 0.1) is 25.2 Å². The number of rotatable bonds is 4. The molecule has 1 aromatic carbocycles. The van der Waals surface area contributed by atoms with Gasteiger partial charge in [-0.15, -0.1) is 0 Å². The summed E-state index contributed by atoms with van der Waals surface area (Å²) < 4.78 is 16.6. The van der Waals surface area contributed by atoms with Crippen molar-refractivity contribution < 1.29 is 14.2 Å². The third kappa shape index (κ3) is 3.26. The van der Waals surface area contributed by atoms with Crippen LogP contribution in [0.2, 0.25) is 0 Å². The highest BCUT2D eigenvalue weighted by Gasteiger charge is 2.33. The maximum atomic E-state index is 5.58. The predicted octanol–water partition coefficient (Wildman–Crippen LogP) is 3.68. The summed E-state index contributed by atoms with van der Waals surface area (Å²) in [7, 11) is 1.67. The van der Waals surface area contributed by atoms with Crippen molar-refractivity contribution in [2.75, 3.05) is 20.4 Å². The summed E-state index contributed by atoms with van der Waals surface area (Å²) in [5.74, 6) is 2.21. The number of nitrogens with one attached hydrogen (secondary N) is 1. The molecule has 0 aliphatic carbocycles. The van der Waals surface area contributed by atoms with Gasteiger partial charge in [0.15, 0.2) is 11.5 Å². The van der Waals surface area contributed by atoms with Crippen LogP contribution in [0, 0.1) is 5.41 Å². The summed E-state index contributed by atoms with van der Waals surface area (Å²) in [6.45, 7) is 8.95. The molecule has 0 amide bonds. The van der Waals surface area contributed by atoms with Crippen LogP contribution in [-0.2, 0) is 13.0 Å². The van der Waals surface area contributed by atoms with Gasteiger partial charge in [0.2, 0.25) is 12.5 Å². The molecule has 1 atom stereocenters. The van der Waals surface area contributed by atoms with Crippen LogP contribution in [0.4, 0.5) is 0 Å². The topological polar surface area (TPSA) is 59.6 Å². The van der Waals surface area contributed by atoms with Gasteiger partial charge in [-0.1, -0.05) is 20.8 Å². The van der Waals surface area contributed by atoms with Gasteiger partial charge in [-0.05, 0) is 29.5 Å². The molecule has 0 saturated heterocycles. The fourth-order valence-corrected chi connectivity index (χ4v) is 3.91. The second-order valence-electron chi connectivity index (χ2n) is 8.30. The Kier molecular flexibility index (Phi) is 4.31. The predicted molar refractivity (Wildman–Crippen MR) is 98.6 cm³/mol. The van der Waals surface area contributed by atoms with Gasteiger partial charge in [0.1, 0.15) is 0 Å². The van der Waals surface area contributed by atoms with Crippen molar-refractivity contribution in [2.45, 2.75) is 46.2 Å². The molecule has 1 N–H and O–H groups in total. The Balaban J connectivity index is 1.62. The Morgan fingerprint density at radius 2 is 2.15 bits per heavy atom. The van der Waals surface area contributed by atoms with Crippen molar-refractivity contribution in [3.05, 3.63) is 35.4 Å². The molecule has 6 nitrogen and oxygen atoms in total. The highest BCUT2D eigenvalue weighted by Crippen LogP contribution is 2.43. The van der Waals surface area contributed by atoms with Gasteiger partial charge in [0.25, 0.3) is 0 Å². The van der Waals surface area contributed by atoms with Gasteiger partial charge in [-0.3, -0.25) is 4.90 Å². The third-order valence-electron chi connectivity index (χ3n) is 5.07. The van der Waals surface area contributed by atoms with Crippen molar-refractivity contribution in [3.63, 3.8) is 0 Å². The number of H-pyrrole nitrogens is 1. The van der Waals surface area contributed by atoms with Crippen LogP contribution in [0.3, 0.4) is 0 Å². The molecule has 140 valence electrons. The fraction of sp³-hybridized carbons (Fsp3) is 0.550. The number of fused-ring (bicyclic) bond motifs is 2. The number of hydrogen-bond acceptors (Lipinski definition) is 5. The summed E-state index contributed by atoms with van der Waals surface area (Å²) >= 11 is 0. The molecule has 0 fully saturated rings. The first-order valence-electron chi connectivity index (χ1n) is 9.17. The lowest BCUT2D eigenvalue weighted by molar-refractivity contribution is 0.127. The normalized spacial score (nSPS) is 19.5. The minimum absolute atomic E-state index is 0.225. The largest absolute Gasteiger partial charge is 0.493 e. The highest BCUT2D eigenvalue weighted by molar-refractivity contribution is 5.55. The maximum absolute atomic E-state index is 5.58. The Labute approximate surface area is 154 Å². The Morgan fingerprint density at radius 1 is 1.31 bits per heavy atom. The van der Waals surface area contributed by atoms with Crippen molar-refractivity contribution >= 4 is 0 Å². The summed E-state index contributed by atoms with van der Waals surface area (Å²) in [6, 6.07) is 4.43. The van der Waals surface area contributed by atoms with E-state index in [1.807, 2.05) is 6.33 Å². The standard InChI is InChI=1S/C20H27N3O3/c1-20(2,3)9-15-18-14(21-11-22-18)5-6-23(15)10-13-7-16(24-4)19-17(8-13)25-12-26-19/h7-8,11,15H,5-6,9-10,12H2,1-4H3,(H,21,22)/t15-/m1/s1. The van der Waals surface area contributed by atoms with E-state index in [2.05, 4.69) is 47.8 Å². The molecule has 0 bridgehead atoms. The van der Waals surface area contributed by atoms with E-state index in [9.17, 15) is 0 Å². The first-order chi connectivity index (χ1) is 12.4. The molecule has 3 heterocycles. The SMILES string of the molecule is COc1cc(CN2CCc3[nH]cnc3[C@H]2CC(C)(C)C)cc2c1OCO2. The molecule has 1 aromatic heterocycles.